The van der Waals surface area contributed by atoms with Crippen molar-refractivity contribution in [2.45, 2.75) is 96.8 Å². The largest absolute Gasteiger partial charge is 2.00 e. The van der Waals surface area contributed by atoms with E-state index in [1.807, 2.05) is 0 Å². The Labute approximate surface area is 142 Å². The van der Waals surface area contributed by atoms with E-state index >= 15 is 0 Å². The van der Waals surface area contributed by atoms with Gasteiger partial charge in [-0.2, -0.15) is 0 Å². The van der Waals surface area contributed by atoms with Crippen LogP contribution in [-0.2, 0) is 21.9 Å². The van der Waals surface area contributed by atoms with Crippen molar-refractivity contribution in [1.29, 1.82) is 0 Å². The van der Waals surface area contributed by atoms with Crippen LogP contribution in [0.15, 0.2) is 12.2 Å². The average Bonchev–Trinajstić information content (AvgIpc) is 2.43. The minimum Gasteiger partial charge on any atom is -0.481 e. The fourth-order valence-electron chi connectivity index (χ4n) is 2.35. The fraction of sp³-hybridized carbons (Fsp3) is 0.833. The van der Waals surface area contributed by atoms with E-state index in [2.05, 4.69) is 19.1 Å². The molecule has 2 nitrogen and oxygen atoms in total. The average molecular weight is 346 g/mol. The standard InChI is InChI=1S/C18H34O2.Cu/c1-2-3-4-5-6-7-8-9-10-11-12-13-14-15-16-17-18(19)20;/h9-10H,2-8,11-17H2,1H3,(H,19,20);/q;+2/b10-9-;. The van der Waals surface area contributed by atoms with Gasteiger partial charge in [0.25, 0.3) is 0 Å². The molecule has 0 amide bonds. The molecule has 0 unspecified atom stereocenters. The summed E-state index contributed by atoms with van der Waals surface area (Å²) in [7, 11) is 0. The van der Waals surface area contributed by atoms with Gasteiger partial charge >= 0.3 is 23.0 Å². The van der Waals surface area contributed by atoms with E-state index < -0.39 is 5.97 Å². The molecule has 0 heterocycles. The zero-order valence-corrected chi connectivity index (χ0v) is 14.7. The second-order valence-corrected chi connectivity index (χ2v) is 5.73. The number of carboxylic acids is 1. The molecule has 1 radical (unpaired) electrons. The molecular weight excluding hydrogens is 312 g/mol. The summed E-state index contributed by atoms with van der Waals surface area (Å²) in [5.74, 6) is -0.664. The molecule has 0 saturated heterocycles. The molecule has 0 atom stereocenters. The second kappa shape index (κ2) is 19.7. The van der Waals surface area contributed by atoms with Gasteiger partial charge < -0.3 is 5.11 Å². The predicted octanol–water partition coefficient (Wildman–Crippen LogP) is 6.11. The molecule has 1 N–H and O–H groups in total. The van der Waals surface area contributed by atoms with Gasteiger partial charge in [-0.15, -0.1) is 0 Å². The van der Waals surface area contributed by atoms with Crippen LogP contribution in [0.2, 0.25) is 0 Å². The molecular formula is C18H34CuO2+2. The summed E-state index contributed by atoms with van der Waals surface area (Å²) in [5, 5.41) is 8.51. The fourth-order valence-corrected chi connectivity index (χ4v) is 2.35. The summed E-state index contributed by atoms with van der Waals surface area (Å²) >= 11 is 0. The van der Waals surface area contributed by atoms with Gasteiger partial charge in [-0.3, -0.25) is 4.79 Å². The van der Waals surface area contributed by atoms with Crippen LogP contribution in [0.25, 0.3) is 0 Å². The number of carboxylic acid groups (broad SMARTS) is 1. The SMILES string of the molecule is CCCCCCCC/C=C\CCCCCCCC(=O)O.[Cu+2]. The van der Waals surface area contributed by atoms with Gasteiger partial charge in [0.05, 0.1) is 0 Å². The number of unbranched alkanes of at least 4 members (excludes halogenated alkanes) is 11. The van der Waals surface area contributed by atoms with Gasteiger partial charge in [0, 0.05) is 6.42 Å². The van der Waals surface area contributed by atoms with Crippen molar-refractivity contribution in [2.24, 2.45) is 0 Å². The van der Waals surface area contributed by atoms with Gasteiger partial charge in [0.15, 0.2) is 0 Å². The molecule has 0 aliphatic heterocycles. The maximum absolute atomic E-state index is 10.3. The van der Waals surface area contributed by atoms with Crippen LogP contribution in [0.3, 0.4) is 0 Å². The van der Waals surface area contributed by atoms with Crippen LogP contribution >= 0.6 is 0 Å². The first kappa shape index (κ1) is 23.0. The molecule has 0 aromatic carbocycles. The third-order valence-corrected chi connectivity index (χ3v) is 3.65. The molecule has 0 aromatic heterocycles. The zero-order valence-electron chi connectivity index (χ0n) is 13.7. The number of carbonyl (C=O) groups is 1. The molecule has 0 aliphatic carbocycles. The van der Waals surface area contributed by atoms with E-state index in [1.165, 1.54) is 70.6 Å². The van der Waals surface area contributed by atoms with E-state index in [9.17, 15) is 4.79 Å². The molecule has 0 fully saturated rings. The molecule has 3 heteroatoms. The molecule has 0 aromatic rings. The van der Waals surface area contributed by atoms with Crippen LogP contribution in [0.5, 0.6) is 0 Å². The third kappa shape index (κ3) is 22.2. The van der Waals surface area contributed by atoms with Crippen molar-refractivity contribution in [3.63, 3.8) is 0 Å². The number of rotatable bonds is 15. The zero-order chi connectivity index (χ0) is 14.9. The number of hydrogen-bond acceptors (Lipinski definition) is 1. The monoisotopic (exact) mass is 345 g/mol. The normalized spacial score (nSPS) is 10.7. The van der Waals surface area contributed by atoms with E-state index in [-0.39, 0.29) is 17.1 Å². The molecule has 0 rings (SSSR count). The van der Waals surface area contributed by atoms with E-state index in [1.54, 1.807) is 0 Å². The summed E-state index contributed by atoms with van der Waals surface area (Å²) in [5.41, 5.74) is 0. The summed E-state index contributed by atoms with van der Waals surface area (Å²) < 4.78 is 0. The number of hydrogen-bond donors (Lipinski definition) is 1. The Hall–Kier alpha value is -0.271. The van der Waals surface area contributed by atoms with Crippen LogP contribution in [0.1, 0.15) is 96.8 Å². The maximum atomic E-state index is 10.3. The first-order chi connectivity index (χ1) is 9.77. The van der Waals surface area contributed by atoms with Crippen molar-refractivity contribution in [2.75, 3.05) is 0 Å². The summed E-state index contributed by atoms with van der Waals surface area (Å²) in [6.07, 6.45) is 21.2. The first-order valence-electron chi connectivity index (χ1n) is 8.64. The molecule has 0 saturated carbocycles. The second-order valence-electron chi connectivity index (χ2n) is 5.73. The molecule has 0 bridgehead atoms. The van der Waals surface area contributed by atoms with E-state index in [0.717, 1.165) is 12.8 Å². The van der Waals surface area contributed by atoms with E-state index in [4.69, 9.17) is 5.11 Å². The quantitative estimate of drug-likeness (QED) is 0.221. The number of allylic oxidation sites excluding steroid dienone is 2. The Bertz CT molecular complexity index is 239. The van der Waals surface area contributed by atoms with Gasteiger partial charge in [-0.1, -0.05) is 70.4 Å². The molecule has 0 spiro atoms. The molecule has 0 aliphatic rings. The van der Waals surface area contributed by atoms with Crippen molar-refractivity contribution >= 4 is 5.97 Å². The topological polar surface area (TPSA) is 37.3 Å². The van der Waals surface area contributed by atoms with Gasteiger partial charge in [0.2, 0.25) is 0 Å². The smallest absolute Gasteiger partial charge is 0.481 e. The predicted molar refractivity (Wildman–Crippen MR) is 87.1 cm³/mol. The first-order valence-corrected chi connectivity index (χ1v) is 8.64. The summed E-state index contributed by atoms with van der Waals surface area (Å²) in [6.45, 7) is 2.26. The third-order valence-electron chi connectivity index (χ3n) is 3.65. The van der Waals surface area contributed by atoms with Crippen molar-refractivity contribution < 1.29 is 27.0 Å². The Morgan fingerprint density at radius 3 is 1.67 bits per heavy atom. The summed E-state index contributed by atoms with van der Waals surface area (Å²) in [6, 6.07) is 0. The maximum Gasteiger partial charge on any atom is 2.00 e. The Morgan fingerprint density at radius 1 is 0.762 bits per heavy atom. The van der Waals surface area contributed by atoms with Crippen LogP contribution < -0.4 is 0 Å². The molecule has 21 heavy (non-hydrogen) atoms. The minimum atomic E-state index is -0.664. The molecule has 127 valence electrons. The Morgan fingerprint density at radius 2 is 1.19 bits per heavy atom. The van der Waals surface area contributed by atoms with Crippen LogP contribution in [0, 0.1) is 0 Å². The van der Waals surface area contributed by atoms with Crippen molar-refractivity contribution in [1.82, 2.24) is 0 Å². The van der Waals surface area contributed by atoms with E-state index in [0.29, 0.717) is 6.42 Å². The van der Waals surface area contributed by atoms with Crippen molar-refractivity contribution in [3.8, 4) is 0 Å². The van der Waals surface area contributed by atoms with Crippen molar-refractivity contribution in [3.05, 3.63) is 12.2 Å². The van der Waals surface area contributed by atoms with Crippen LogP contribution in [-0.4, -0.2) is 11.1 Å². The Kier molecular flexibility index (Phi) is 21.6. The van der Waals surface area contributed by atoms with Gasteiger partial charge in [0.1, 0.15) is 0 Å². The van der Waals surface area contributed by atoms with Gasteiger partial charge in [-0.25, -0.2) is 0 Å². The summed E-state index contributed by atoms with van der Waals surface area (Å²) in [4.78, 5) is 10.3. The number of aliphatic carboxylic acids is 1. The van der Waals surface area contributed by atoms with Crippen LogP contribution in [0.4, 0.5) is 0 Å². The van der Waals surface area contributed by atoms with Gasteiger partial charge in [-0.05, 0) is 32.1 Å². The minimum absolute atomic E-state index is 0. The Balaban J connectivity index is 0.